The predicted octanol–water partition coefficient (Wildman–Crippen LogP) is 1.42. The summed E-state index contributed by atoms with van der Waals surface area (Å²) in [6, 6.07) is 7.45. The summed E-state index contributed by atoms with van der Waals surface area (Å²) < 4.78 is 2.49. The summed E-state index contributed by atoms with van der Waals surface area (Å²) in [5.74, 6) is 0. The molecule has 1 aromatic heterocycles. The van der Waals surface area contributed by atoms with Gasteiger partial charge in [-0.2, -0.15) is 0 Å². The highest BCUT2D eigenvalue weighted by Gasteiger charge is 2.08. The Morgan fingerprint density at radius 3 is 2.83 bits per heavy atom. The second-order valence-corrected chi connectivity index (χ2v) is 5.58. The highest BCUT2D eigenvalue weighted by molar-refractivity contribution is 7.07. The van der Waals surface area contributed by atoms with Crippen LogP contribution in [-0.4, -0.2) is 11.1 Å². The molecule has 0 unspecified atom stereocenters. The highest BCUT2D eigenvalue weighted by Crippen LogP contribution is 2.09. The number of rotatable bonds is 1. The van der Waals surface area contributed by atoms with Gasteiger partial charge in [-0.1, -0.05) is 35.1 Å². The van der Waals surface area contributed by atoms with E-state index < -0.39 is 0 Å². The van der Waals surface area contributed by atoms with Crippen LogP contribution in [0.25, 0.3) is 6.08 Å². The van der Waals surface area contributed by atoms with E-state index in [0.717, 1.165) is 34.4 Å². The fourth-order valence-electron chi connectivity index (χ4n) is 1.94. The van der Waals surface area contributed by atoms with Gasteiger partial charge in [0.05, 0.1) is 4.53 Å². The molecule has 0 atom stereocenters. The third-order valence-electron chi connectivity index (χ3n) is 2.84. The Balaban J connectivity index is 2.16. The van der Waals surface area contributed by atoms with Crippen LogP contribution in [0.15, 0.2) is 34.1 Å². The fourth-order valence-corrected chi connectivity index (χ4v) is 3.09. The van der Waals surface area contributed by atoms with E-state index in [0.29, 0.717) is 5.02 Å². The monoisotopic (exact) mass is 278 g/mol. The number of halogens is 1. The maximum Gasteiger partial charge on any atom is 0.270 e. The first-order chi connectivity index (χ1) is 8.74. The molecule has 3 rings (SSSR count). The summed E-state index contributed by atoms with van der Waals surface area (Å²) in [5, 5.41) is 0.698. The van der Waals surface area contributed by atoms with E-state index in [1.54, 1.807) is 4.57 Å². The first-order valence-corrected chi connectivity index (χ1v) is 6.95. The van der Waals surface area contributed by atoms with E-state index in [2.05, 4.69) is 4.99 Å². The maximum atomic E-state index is 12.1. The minimum Gasteiger partial charge on any atom is -0.284 e. The van der Waals surface area contributed by atoms with Gasteiger partial charge >= 0.3 is 0 Å². The molecular weight excluding hydrogens is 268 g/mol. The lowest BCUT2D eigenvalue weighted by molar-refractivity contribution is 0.573. The standard InChI is InChI=1S/C13H11ClN2OS/c14-10-4-2-9(3-5-10)8-11-12(17)16-7-1-6-15-13(16)18-11/h2-5,8H,1,6-7H2. The van der Waals surface area contributed by atoms with E-state index in [1.165, 1.54) is 11.3 Å². The van der Waals surface area contributed by atoms with Crippen LogP contribution in [0.3, 0.4) is 0 Å². The quantitative estimate of drug-likeness (QED) is 0.777. The summed E-state index contributed by atoms with van der Waals surface area (Å²) in [6.45, 7) is 1.60. The van der Waals surface area contributed by atoms with Gasteiger partial charge in [0.2, 0.25) is 0 Å². The van der Waals surface area contributed by atoms with Crippen LogP contribution in [0.1, 0.15) is 12.0 Å². The first-order valence-electron chi connectivity index (χ1n) is 5.75. The smallest absolute Gasteiger partial charge is 0.270 e. The molecule has 2 heterocycles. The summed E-state index contributed by atoms with van der Waals surface area (Å²) in [4.78, 5) is 17.4. The van der Waals surface area contributed by atoms with Crippen molar-refractivity contribution in [3.63, 3.8) is 0 Å². The minimum atomic E-state index is 0.0633. The molecule has 1 aliphatic heterocycles. The van der Waals surface area contributed by atoms with Crippen molar-refractivity contribution in [2.45, 2.75) is 13.0 Å². The van der Waals surface area contributed by atoms with E-state index in [4.69, 9.17) is 11.6 Å². The molecule has 0 bridgehead atoms. The largest absolute Gasteiger partial charge is 0.284 e. The summed E-state index contributed by atoms with van der Waals surface area (Å²) in [6.07, 6.45) is 2.84. The number of hydrogen-bond donors (Lipinski definition) is 0. The molecule has 0 spiro atoms. The molecule has 5 heteroatoms. The van der Waals surface area contributed by atoms with Crippen molar-refractivity contribution >= 4 is 29.0 Å². The van der Waals surface area contributed by atoms with Crippen LogP contribution in [-0.2, 0) is 6.54 Å². The van der Waals surface area contributed by atoms with Crippen molar-refractivity contribution in [1.29, 1.82) is 0 Å². The molecule has 0 N–H and O–H groups in total. The van der Waals surface area contributed by atoms with Crippen LogP contribution in [0.5, 0.6) is 0 Å². The van der Waals surface area contributed by atoms with Gasteiger partial charge in [-0.25, -0.2) is 0 Å². The van der Waals surface area contributed by atoms with E-state index in [-0.39, 0.29) is 5.56 Å². The number of aromatic nitrogens is 1. The topological polar surface area (TPSA) is 34.4 Å². The van der Waals surface area contributed by atoms with Gasteiger partial charge in [-0.15, -0.1) is 0 Å². The van der Waals surface area contributed by atoms with Crippen molar-refractivity contribution < 1.29 is 0 Å². The van der Waals surface area contributed by atoms with Gasteiger partial charge < -0.3 is 0 Å². The number of fused-ring (bicyclic) bond motifs is 1. The van der Waals surface area contributed by atoms with Crippen LogP contribution in [0.2, 0.25) is 5.02 Å². The molecule has 0 fully saturated rings. The maximum absolute atomic E-state index is 12.1. The Morgan fingerprint density at radius 1 is 1.33 bits per heavy atom. The molecule has 0 saturated carbocycles. The summed E-state index contributed by atoms with van der Waals surface area (Å²) in [7, 11) is 0. The molecule has 1 aliphatic rings. The number of thiazole rings is 1. The lowest BCUT2D eigenvalue weighted by Gasteiger charge is -2.03. The zero-order valence-electron chi connectivity index (χ0n) is 9.60. The first kappa shape index (κ1) is 11.7. The predicted molar refractivity (Wildman–Crippen MR) is 73.9 cm³/mol. The normalized spacial score (nSPS) is 15.3. The fraction of sp³-hybridized carbons (Fsp3) is 0.231. The molecule has 0 aliphatic carbocycles. The zero-order valence-corrected chi connectivity index (χ0v) is 11.2. The van der Waals surface area contributed by atoms with Gasteiger partial charge in [-0.05, 0) is 30.2 Å². The van der Waals surface area contributed by atoms with Crippen LogP contribution < -0.4 is 14.9 Å². The van der Waals surface area contributed by atoms with Crippen molar-refractivity contribution in [2.24, 2.45) is 4.99 Å². The van der Waals surface area contributed by atoms with Gasteiger partial charge in [0.1, 0.15) is 0 Å². The van der Waals surface area contributed by atoms with E-state index in [9.17, 15) is 4.79 Å². The second kappa shape index (κ2) is 4.71. The number of nitrogens with zero attached hydrogens (tertiary/aromatic N) is 2. The van der Waals surface area contributed by atoms with Gasteiger partial charge in [0.25, 0.3) is 5.56 Å². The number of benzene rings is 1. The lowest BCUT2D eigenvalue weighted by Crippen LogP contribution is -2.33. The molecule has 3 nitrogen and oxygen atoms in total. The lowest BCUT2D eigenvalue weighted by atomic mass is 10.2. The molecule has 0 saturated heterocycles. The average Bonchev–Trinajstić information content (AvgIpc) is 2.70. The van der Waals surface area contributed by atoms with E-state index in [1.807, 2.05) is 30.3 Å². The SMILES string of the molecule is O=c1c(=Cc2ccc(Cl)cc2)sc2n1CCCN=2. The Bertz CT molecular complexity index is 743. The molecule has 92 valence electrons. The third-order valence-corrected chi connectivity index (χ3v) is 4.14. The zero-order chi connectivity index (χ0) is 12.5. The average molecular weight is 279 g/mol. The van der Waals surface area contributed by atoms with Crippen molar-refractivity contribution in [3.05, 3.63) is 54.5 Å². The Kier molecular flexibility index (Phi) is 3.06. The Hall–Kier alpha value is -1.39. The van der Waals surface area contributed by atoms with Gasteiger partial charge in [0.15, 0.2) is 4.80 Å². The molecule has 0 radical (unpaired) electrons. The molecule has 18 heavy (non-hydrogen) atoms. The highest BCUT2D eigenvalue weighted by atomic mass is 35.5. The van der Waals surface area contributed by atoms with Crippen molar-refractivity contribution in [2.75, 3.05) is 6.54 Å². The Morgan fingerprint density at radius 2 is 2.11 bits per heavy atom. The van der Waals surface area contributed by atoms with Crippen LogP contribution in [0.4, 0.5) is 0 Å². The Labute approximate surface area is 113 Å². The van der Waals surface area contributed by atoms with Crippen LogP contribution >= 0.6 is 22.9 Å². The van der Waals surface area contributed by atoms with Crippen molar-refractivity contribution in [3.8, 4) is 0 Å². The molecular formula is C13H11ClN2OS. The molecule has 2 aromatic rings. The molecule has 1 aromatic carbocycles. The third kappa shape index (κ3) is 2.13. The van der Waals surface area contributed by atoms with Gasteiger partial charge in [0, 0.05) is 18.1 Å². The summed E-state index contributed by atoms with van der Waals surface area (Å²) in [5.41, 5.74) is 1.05. The number of hydrogen-bond acceptors (Lipinski definition) is 3. The van der Waals surface area contributed by atoms with Crippen LogP contribution in [0, 0.1) is 0 Å². The second-order valence-electron chi connectivity index (χ2n) is 4.14. The van der Waals surface area contributed by atoms with Gasteiger partial charge in [-0.3, -0.25) is 14.4 Å². The van der Waals surface area contributed by atoms with E-state index >= 15 is 0 Å². The summed E-state index contributed by atoms with van der Waals surface area (Å²) >= 11 is 7.29. The van der Waals surface area contributed by atoms with Crippen molar-refractivity contribution in [1.82, 2.24) is 4.57 Å². The molecule has 0 amide bonds. The minimum absolute atomic E-state index is 0.0633.